The molecule has 0 aliphatic carbocycles. The van der Waals surface area contributed by atoms with Crippen LogP contribution in [0.5, 0.6) is 5.75 Å². The van der Waals surface area contributed by atoms with Crippen molar-refractivity contribution in [2.75, 3.05) is 0 Å². The van der Waals surface area contributed by atoms with Gasteiger partial charge in [0.2, 0.25) is 0 Å². The van der Waals surface area contributed by atoms with E-state index in [0.29, 0.717) is 11.3 Å². The summed E-state index contributed by atoms with van der Waals surface area (Å²) >= 11 is 0. The van der Waals surface area contributed by atoms with Crippen molar-refractivity contribution in [2.45, 2.75) is 84.8 Å². The van der Waals surface area contributed by atoms with E-state index in [1.807, 2.05) is 20.8 Å². The maximum absolute atomic E-state index is 12.4. The summed E-state index contributed by atoms with van der Waals surface area (Å²) in [5.41, 5.74) is -1.15. The topological polar surface area (TPSA) is 120 Å². The molecular formula is C24H33NO8. The van der Waals surface area contributed by atoms with Crippen molar-refractivity contribution in [3.8, 4) is 5.75 Å². The van der Waals surface area contributed by atoms with Gasteiger partial charge < -0.3 is 29.4 Å². The molecule has 2 N–H and O–H groups in total. The second kappa shape index (κ2) is 9.33. The summed E-state index contributed by atoms with van der Waals surface area (Å²) in [7, 11) is 0. The molecule has 0 aromatic heterocycles. The largest absolute Gasteiger partial charge is 0.509 e. The number of ether oxygens (including phenoxy) is 4. The van der Waals surface area contributed by atoms with Crippen molar-refractivity contribution < 1.29 is 38.4 Å². The molecule has 1 aliphatic heterocycles. The van der Waals surface area contributed by atoms with Gasteiger partial charge in [-0.05, 0) is 59.2 Å². The van der Waals surface area contributed by atoms with Gasteiger partial charge >= 0.3 is 18.0 Å². The standard InChI is InChI=1S/C24H33NO8/c1-22(2,3)30-15-11-9-14(10-12-15)13-16(25-21(29)33-23(4,5)6)18(26)17-19(27)31-24(7,8)32-20(17)28/h9-12,16,26H,13H2,1-8H3,(H,25,29). The molecule has 1 saturated heterocycles. The Kier molecular flexibility index (Phi) is 7.36. The lowest BCUT2D eigenvalue weighted by Gasteiger charge is -2.31. The molecule has 9 nitrogen and oxygen atoms in total. The van der Waals surface area contributed by atoms with E-state index in [0.717, 1.165) is 0 Å². The average Bonchev–Trinajstić information content (AvgIpc) is 2.58. The number of cyclic esters (lactones) is 2. The first-order valence-corrected chi connectivity index (χ1v) is 10.6. The van der Waals surface area contributed by atoms with Crippen LogP contribution in [0.1, 0.15) is 61.0 Å². The molecule has 33 heavy (non-hydrogen) atoms. The van der Waals surface area contributed by atoms with Gasteiger partial charge in [0, 0.05) is 20.3 Å². The summed E-state index contributed by atoms with van der Waals surface area (Å²) in [6, 6.07) is 5.85. The van der Waals surface area contributed by atoms with Crippen LogP contribution in [0, 0.1) is 0 Å². The Hall–Kier alpha value is -3.23. The first-order chi connectivity index (χ1) is 15.0. The lowest BCUT2D eigenvalue weighted by atomic mass is 10.0. The van der Waals surface area contributed by atoms with E-state index >= 15 is 0 Å². The number of benzene rings is 1. The molecule has 2 rings (SSSR count). The molecule has 9 heteroatoms. The zero-order valence-electron chi connectivity index (χ0n) is 20.4. The minimum atomic E-state index is -1.46. The van der Waals surface area contributed by atoms with Crippen molar-refractivity contribution in [1.82, 2.24) is 5.32 Å². The van der Waals surface area contributed by atoms with Gasteiger partial charge in [0.25, 0.3) is 5.79 Å². The Morgan fingerprint density at radius 1 is 1.00 bits per heavy atom. The van der Waals surface area contributed by atoms with Crippen LogP contribution < -0.4 is 10.1 Å². The molecule has 1 atom stereocenters. The van der Waals surface area contributed by atoms with Crippen LogP contribution >= 0.6 is 0 Å². The highest BCUT2D eigenvalue weighted by molar-refractivity contribution is 6.15. The van der Waals surface area contributed by atoms with Crippen LogP contribution in [-0.2, 0) is 30.2 Å². The summed E-state index contributed by atoms with van der Waals surface area (Å²) in [5, 5.41) is 13.4. The Morgan fingerprint density at radius 2 is 1.52 bits per heavy atom. The van der Waals surface area contributed by atoms with Crippen molar-refractivity contribution in [3.63, 3.8) is 0 Å². The number of alkyl carbamates (subject to hydrolysis) is 1. The van der Waals surface area contributed by atoms with Crippen LogP contribution in [0.4, 0.5) is 4.79 Å². The summed E-state index contributed by atoms with van der Waals surface area (Å²) in [5.74, 6) is -3.58. The fourth-order valence-corrected chi connectivity index (χ4v) is 2.98. The normalized spacial score (nSPS) is 16.9. The third-order valence-corrected chi connectivity index (χ3v) is 4.15. The number of hydrogen-bond donors (Lipinski definition) is 2. The molecule has 1 fully saturated rings. The molecule has 182 valence electrons. The van der Waals surface area contributed by atoms with Crippen LogP contribution in [0.25, 0.3) is 0 Å². The van der Waals surface area contributed by atoms with Gasteiger partial charge in [0.1, 0.15) is 22.7 Å². The monoisotopic (exact) mass is 463 g/mol. The first kappa shape index (κ1) is 26.0. The molecule has 0 radical (unpaired) electrons. The number of nitrogens with one attached hydrogen (secondary N) is 1. The van der Waals surface area contributed by atoms with Crippen LogP contribution in [0.15, 0.2) is 35.6 Å². The number of carbonyl (C=O) groups excluding carboxylic acids is 3. The van der Waals surface area contributed by atoms with Gasteiger partial charge in [-0.2, -0.15) is 0 Å². The molecule has 1 unspecified atom stereocenters. The van der Waals surface area contributed by atoms with Gasteiger partial charge in [-0.25, -0.2) is 14.4 Å². The van der Waals surface area contributed by atoms with Gasteiger partial charge in [0.05, 0.1) is 6.04 Å². The smallest absolute Gasteiger partial charge is 0.408 e. The van der Waals surface area contributed by atoms with Crippen molar-refractivity contribution in [1.29, 1.82) is 0 Å². The fourth-order valence-electron chi connectivity index (χ4n) is 2.98. The van der Waals surface area contributed by atoms with E-state index < -0.39 is 46.8 Å². The lowest BCUT2D eigenvalue weighted by Crippen LogP contribution is -2.46. The highest BCUT2D eigenvalue weighted by atomic mass is 16.7. The van der Waals surface area contributed by atoms with Gasteiger partial charge in [0.15, 0.2) is 5.57 Å². The highest BCUT2D eigenvalue weighted by Gasteiger charge is 2.42. The second-order valence-corrected chi connectivity index (χ2v) is 10.2. The Labute approximate surface area is 194 Å². The van der Waals surface area contributed by atoms with Gasteiger partial charge in [-0.3, -0.25) is 0 Å². The average molecular weight is 464 g/mol. The summed E-state index contributed by atoms with van der Waals surface area (Å²) in [4.78, 5) is 37.2. The number of hydrogen-bond acceptors (Lipinski definition) is 8. The highest BCUT2D eigenvalue weighted by Crippen LogP contribution is 2.26. The maximum atomic E-state index is 12.4. The van der Waals surface area contributed by atoms with Crippen molar-refractivity contribution >= 4 is 18.0 Å². The minimum Gasteiger partial charge on any atom is -0.509 e. The summed E-state index contributed by atoms with van der Waals surface area (Å²) < 4.78 is 21.2. The molecule has 0 spiro atoms. The van der Waals surface area contributed by atoms with E-state index in [2.05, 4.69) is 5.32 Å². The molecule has 0 bridgehead atoms. The van der Waals surface area contributed by atoms with Gasteiger partial charge in [-0.1, -0.05) is 12.1 Å². The minimum absolute atomic E-state index is 0.0499. The number of rotatable bonds is 5. The summed E-state index contributed by atoms with van der Waals surface area (Å²) in [6.07, 6.45) is -0.779. The molecular weight excluding hydrogens is 430 g/mol. The number of aliphatic hydroxyl groups excluding tert-OH is 1. The van der Waals surface area contributed by atoms with E-state index in [1.54, 1.807) is 45.0 Å². The molecule has 1 aromatic carbocycles. The quantitative estimate of drug-likeness (QED) is 0.291. The van der Waals surface area contributed by atoms with E-state index in [-0.39, 0.29) is 12.0 Å². The van der Waals surface area contributed by atoms with E-state index in [4.69, 9.17) is 18.9 Å². The molecule has 1 heterocycles. The lowest BCUT2D eigenvalue weighted by molar-refractivity contribution is -0.222. The zero-order valence-corrected chi connectivity index (χ0v) is 20.4. The predicted molar refractivity (Wildman–Crippen MR) is 120 cm³/mol. The second-order valence-electron chi connectivity index (χ2n) is 10.2. The fraction of sp³-hybridized carbons (Fsp3) is 0.542. The van der Waals surface area contributed by atoms with E-state index in [1.165, 1.54) is 13.8 Å². The first-order valence-electron chi connectivity index (χ1n) is 10.6. The van der Waals surface area contributed by atoms with E-state index in [9.17, 15) is 19.5 Å². The number of amides is 1. The van der Waals surface area contributed by atoms with Crippen molar-refractivity contribution in [2.24, 2.45) is 0 Å². The van der Waals surface area contributed by atoms with Crippen LogP contribution in [0.2, 0.25) is 0 Å². The van der Waals surface area contributed by atoms with Crippen LogP contribution in [-0.4, -0.2) is 46.2 Å². The Balaban J connectivity index is 2.35. The predicted octanol–water partition coefficient (Wildman–Crippen LogP) is 3.95. The van der Waals surface area contributed by atoms with Crippen molar-refractivity contribution in [3.05, 3.63) is 41.2 Å². The van der Waals surface area contributed by atoms with Gasteiger partial charge in [-0.15, -0.1) is 0 Å². The molecule has 1 aromatic rings. The number of aliphatic hydroxyl groups is 1. The summed E-state index contributed by atoms with van der Waals surface area (Å²) in [6.45, 7) is 13.6. The maximum Gasteiger partial charge on any atom is 0.408 e. The Bertz CT molecular complexity index is 911. The number of carbonyl (C=O) groups is 3. The van der Waals surface area contributed by atoms with Crippen LogP contribution in [0.3, 0.4) is 0 Å². The third-order valence-electron chi connectivity index (χ3n) is 4.15. The molecule has 1 aliphatic rings. The number of esters is 2. The molecule has 1 amide bonds. The third kappa shape index (κ3) is 8.00. The Morgan fingerprint density at radius 3 is 1.97 bits per heavy atom. The SMILES string of the molecule is CC(C)(C)OC(=O)NC(Cc1ccc(OC(C)(C)C)cc1)C(O)=C1C(=O)OC(C)(C)OC1=O. The molecule has 0 saturated carbocycles. The zero-order chi connectivity index (χ0) is 25.2.